The molecule has 0 atom stereocenters. The van der Waals surface area contributed by atoms with Gasteiger partial charge in [-0.15, -0.1) is 0 Å². The van der Waals surface area contributed by atoms with Gasteiger partial charge in [-0.3, -0.25) is 14.2 Å². The van der Waals surface area contributed by atoms with Crippen molar-refractivity contribution in [3.05, 3.63) is 44.6 Å². The highest BCUT2D eigenvalue weighted by molar-refractivity contribution is 5.97. The number of nitrogens with one attached hydrogen (secondary N) is 2. The zero-order valence-electron chi connectivity index (χ0n) is 13.1. The number of H-pyrrole nitrogens is 1. The largest absolute Gasteiger partial charge is 0.337 e. The van der Waals surface area contributed by atoms with Crippen LogP contribution in [-0.2, 0) is 6.54 Å². The lowest BCUT2D eigenvalue weighted by atomic mass is 10.1. The summed E-state index contributed by atoms with van der Waals surface area (Å²) in [7, 11) is 0. The predicted octanol–water partition coefficient (Wildman–Crippen LogP) is 0.145. The lowest BCUT2D eigenvalue weighted by molar-refractivity contribution is 0.0766. The molecule has 7 heteroatoms. The first kappa shape index (κ1) is 15.5. The van der Waals surface area contributed by atoms with Crippen molar-refractivity contribution in [1.82, 2.24) is 19.8 Å². The first-order chi connectivity index (χ1) is 11.1. The van der Waals surface area contributed by atoms with Crippen LogP contribution < -0.4 is 16.6 Å². The average molecular weight is 316 g/mol. The molecule has 1 amide bonds. The van der Waals surface area contributed by atoms with Crippen molar-refractivity contribution in [2.75, 3.05) is 26.2 Å². The smallest absolute Gasteiger partial charge is 0.328 e. The van der Waals surface area contributed by atoms with Gasteiger partial charge in [0.1, 0.15) is 0 Å². The zero-order chi connectivity index (χ0) is 16.4. The molecule has 7 nitrogen and oxygen atoms in total. The fourth-order valence-corrected chi connectivity index (χ4v) is 2.91. The van der Waals surface area contributed by atoms with E-state index in [-0.39, 0.29) is 11.5 Å². The van der Waals surface area contributed by atoms with E-state index < -0.39 is 5.69 Å². The Morgan fingerprint density at radius 2 is 2.04 bits per heavy atom. The minimum atomic E-state index is -0.450. The fraction of sp³-hybridized carbons (Fsp3) is 0.438. The van der Waals surface area contributed by atoms with Crippen molar-refractivity contribution in [2.45, 2.75) is 19.9 Å². The normalized spacial score (nSPS) is 15.6. The van der Waals surface area contributed by atoms with Gasteiger partial charge in [-0.05, 0) is 38.1 Å². The Kier molecular flexibility index (Phi) is 4.29. The third kappa shape index (κ3) is 2.92. The van der Waals surface area contributed by atoms with Crippen LogP contribution in [0.4, 0.5) is 0 Å². The second-order valence-corrected chi connectivity index (χ2v) is 5.64. The van der Waals surface area contributed by atoms with Crippen LogP contribution in [0.2, 0.25) is 0 Å². The molecule has 2 N–H and O–H groups in total. The van der Waals surface area contributed by atoms with Gasteiger partial charge >= 0.3 is 5.69 Å². The van der Waals surface area contributed by atoms with Crippen molar-refractivity contribution < 1.29 is 4.79 Å². The highest BCUT2D eigenvalue weighted by atomic mass is 16.2. The van der Waals surface area contributed by atoms with Crippen LogP contribution in [0, 0.1) is 0 Å². The number of fused-ring (bicyclic) bond motifs is 1. The third-order valence-corrected chi connectivity index (χ3v) is 4.17. The molecular weight excluding hydrogens is 296 g/mol. The summed E-state index contributed by atoms with van der Waals surface area (Å²) in [6.07, 6.45) is 0.914. The number of carbonyl (C=O) groups excluding carboxylic acids is 1. The predicted molar refractivity (Wildman–Crippen MR) is 87.9 cm³/mol. The Hall–Kier alpha value is -2.41. The van der Waals surface area contributed by atoms with E-state index >= 15 is 0 Å². The molecule has 122 valence electrons. The number of carbonyl (C=O) groups is 1. The van der Waals surface area contributed by atoms with E-state index in [0.29, 0.717) is 36.1 Å². The summed E-state index contributed by atoms with van der Waals surface area (Å²) in [5, 5.41) is 3.67. The minimum absolute atomic E-state index is 0.0730. The molecule has 1 aromatic carbocycles. The number of hydrogen-bond acceptors (Lipinski definition) is 4. The Bertz CT molecular complexity index is 845. The molecule has 0 spiro atoms. The van der Waals surface area contributed by atoms with Gasteiger partial charge in [-0.25, -0.2) is 4.79 Å². The number of hydrogen-bond donors (Lipinski definition) is 2. The van der Waals surface area contributed by atoms with Gasteiger partial charge in [-0.1, -0.05) is 0 Å². The number of aromatic amines is 1. The SMILES string of the molecule is CCn1c(=O)[nH]c2cc(C(=O)N3CCCNCC3)ccc2c1=O. The Morgan fingerprint density at radius 3 is 2.83 bits per heavy atom. The van der Waals surface area contributed by atoms with Crippen molar-refractivity contribution in [2.24, 2.45) is 0 Å². The van der Waals surface area contributed by atoms with Crippen LogP contribution in [-0.4, -0.2) is 46.5 Å². The van der Waals surface area contributed by atoms with Gasteiger partial charge < -0.3 is 15.2 Å². The summed E-state index contributed by atoms with van der Waals surface area (Å²) in [6.45, 7) is 5.10. The Balaban J connectivity index is 2.01. The molecule has 0 aliphatic carbocycles. The monoisotopic (exact) mass is 316 g/mol. The summed E-state index contributed by atoms with van der Waals surface area (Å²) >= 11 is 0. The van der Waals surface area contributed by atoms with E-state index in [1.54, 1.807) is 30.0 Å². The molecule has 3 rings (SSSR count). The highest BCUT2D eigenvalue weighted by Gasteiger charge is 2.18. The Morgan fingerprint density at radius 1 is 1.22 bits per heavy atom. The van der Waals surface area contributed by atoms with E-state index in [0.717, 1.165) is 24.1 Å². The van der Waals surface area contributed by atoms with Gasteiger partial charge in [0.05, 0.1) is 10.9 Å². The second kappa shape index (κ2) is 6.37. The average Bonchev–Trinajstić information content (AvgIpc) is 2.83. The first-order valence-electron chi connectivity index (χ1n) is 7.88. The topological polar surface area (TPSA) is 87.2 Å². The molecule has 1 aromatic heterocycles. The highest BCUT2D eigenvalue weighted by Crippen LogP contribution is 2.12. The molecule has 1 saturated heterocycles. The summed E-state index contributed by atoms with van der Waals surface area (Å²) in [5.41, 5.74) is 0.116. The number of benzene rings is 1. The van der Waals surface area contributed by atoms with E-state index in [4.69, 9.17) is 0 Å². The standard InChI is InChI=1S/C16H20N4O3/c1-2-20-15(22)12-5-4-11(10-13(12)18-16(20)23)14(21)19-8-3-6-17-7-9-19/h4-5,10,17H,2-3,6-9H2,1H3,(H,18,23). The molecule has 1 aliphatic heterocycles. The number of amides is 1. The molecule has 23 heavy (non-hydrogen) atoms. The van der Waals surface area contributed by atoms with E-state index in [9.17, 15) is 14.4 Å². The van der Waals surface area contributed by atoms with E-state index in [1.807, 2.05) is 0 Å². The van der Waals surface area contributed by atoms with Crippen LogP contribution >= 0.6 is 0 Å². The van der Waals surface area contributed by atoms with Crippen LogP contribution in [0.15, 0.2) is 27.8 Å². The van der Waals surface area contributed by atoms with Crippen molar-refractivity contribution in [3.8, 4) is 0 Å². The van der Waals surface area contributed by atoms with Gasteiger partial charge in [0, 0.05) is 31.7 Å². The fourth-order valence-electron chi connectivity index (χ4n) is 2.91. The van der Waals surface area contributed by atoms with Crippen LogP contribution in [0.5, 0.6) is 0 Å². The van der Waals surface area contributed by atoms with Gasteiger partial charge in [0.15, 0.2) is 0 Å². The number of rotatable bonds is 2. The van der Waals surface area contributed by atoms with Gasteiger partial charge in [0.2, 0.25) is 0 Å². The number of aromatic nitrogens is 2. The lowest BCUT2D eigenvalue weighted by Crippen LogP contribution is -2.35. The van der Waals surface area contributed by atoms with E-state index in [1.165, 1.54) is 0 Å². The van der Waals surface area contributed by atoms with Gasteiger partial charge in [-0.2, -0.15) is 0 Å². The molecule has 2 aromatic rings. The van der Waals surface area contributed by atoms with Crippen molar-refractivity contribution in [1.29, 1.82) is 0 Å². The molecule has 1 fully saturated rings. The second-order valence-electron chi connectivity index (χ2n) is 5.64. The van der Waals surface area contributed by atoms with Crippen molar-refractivity contribution in [3.63, 3.8) is 0 Å². The summed E-state index contributed by atoms with van der Waals surface area (Å²) in [6, 6.07) is 4.87. The first-order valence-corrected chi connectivity index (χ1v) is 7.88. The summed E-state index contributed by atoms with van der Waals surface area (Å²) < 4.78 is 1.14. The summed E-state index contributed by atoms with van der Waals surface area (Å²) in [5.74, 6) is -0.0730. The maximum Gasteiger partial charge on any atom is 0.328 e. The minimum Gasteiger partial charge on any atom is -0.337 e. The van der Waals surface area contributed by atoms with Crippen LogP contribution in [0.25, 0.3) is 10.9 Å². The maximum absolute atomic E-state index is 12.6. The molecule has 1 aliphatic rings. The molecular formula is C16H20N4O3. The number of nitrogens with zero attached hydrogens (tertiary/aromatic N) is 2. The van der Waals surface area contributed by atoms with Crippen LogP contribution in [0.3, 0.4) is 0 Å². The molecule has 2 heterocycles. The molecule has 0 saturated carbocycles. The third-order valence-electron chi connectivity index (χ3n) is 4.17. The van der Waals surface area contributed by atoms with Gasteiger partial charge in [0.25, 0.3) is 11.5 Å². The molecule has 0 radical (unpaired) electrons. The summed E-state index contributed by atoms with van der Waals surface area (Å²) in [4.78, 5) is 41.3. The zero-order valence-corrected chi connectivity index (χ0v) is 13.1. The Labute approximate surface area is 132 Å². The molecule has 0 bridgehead atoms. The quantitative estimate of drug-likeness (QED) is 0.825. The molecule has 0 unspecified atom stereocenters. The lowest BCUT2D eigenvalue weighted by Gasteiger charge is -2.20. The maximum atomic E-state index is 12.6. The van der Waals surface area contributed by atoms with E-state index in [2.05, 4.69) is 10.3 Å². The van der Waals surface area contributed by atoms with Crippen LogP contribution in [0.1, 0.15) is 23.7 Å². The van der Waals surface area contributed by atoms with Crippen molar-refractivity contribution >= 4 is 16.8 Å².